The minimum atomic E-state index is -3.95. The van der Waals surface area contributed by atoms with E-state index in [-0.39, 0.29) is 18.0 Å². The summed E-state index contributed by atoms with van der Waals surface area (Å²) in [7, 11) is -3.95. The number of nitrogens with one attached hydrogen (secondary N) is 1. The molecule has 0 atom stereocenters. The maximum atomic E-state index is 13.5. The third-order valence-corrected chi connectivity index (χ3v) is 7.28. The Labute approximate surface area is 202 Å². The Morgan fingerprint density at radius 1 is 0.971 bits per heavy atom. The second-order valence-electron chi connectivity index (χ2n) is 8.39. The van der Waals surface area contributed by atoms with E-state index in [1.807, 2.05) is 50.2 Å². The van der Waals surface area contributed by atoms with Gasteiger partial charge in [-0.25, -0.2) is 8.42 Å². The molecule has 0 saturated heterocycles. The lowest BCUT2D eigenvalue weighted by Gasteiger charge is -2.25. The molecule has 0 aliphatic carbocycles. The average Bonchev–Trinajstić information content (AvgIpc) is 2.82. The van der Waals surface area contributed by atoms with Gasteiger partial charge in [0.25, 0.3) is 10.0 Å². The number of sulfonamides is 1. The fraction of sp³-hybridized carbons (Fsp3) is 0.296. The van der Waals surface area contributed by atoms with Crippen LogP contribution in [0, 0.1) is 6.92 Å². The summed E-state index contributed by atoms with van der Waals surface area (Å²) in [5, 5.41) is 2.84. The number of carbonyl (C=O) groups is 1. The van der Waals surface area contributed by atoms with Crippen LogP contribution < -0.4 is 14.4 Å². The topological polar surface area (TPSA) is 75.7 Å². The molecular weight excluding hydrogens is 448 g/mol. The summed E-state index contributed by atoms with van der Waals surface area (Å²) in [5.74, 6) is 0.596. The average molecular weight is 481 g/mol. The molecule has 34 heavy (non-hydrogen) atoms. The van der Waals surface area contributed by atoms with Gasteiger partial charge in [-0.3, -0.25) is 9.10 Å². The first-order valence-corrected chi connectivity index (χ1v) is 12.8. The summed E-state index contributed by atoms with van der Waals surface area (Å²) in [6, 6.07) is 21.4. The third-order valence-electron chi connectivity index (χ3n) is 5.49. The smallest absolute Gasteiger partial charge is 0.264 e. The largest absolute Gasteiger partial charge is 0.494 e. The van der Waals surface area contributed by atoms with Crippen molar-refractivity contribution in [2.75, 3.05) is 17.5 Å². The number of hydrogen-bond acceptors (Lipinski definition) is 4. The number of nitrogens with zero attached hydrogens (tertiary/aromatic N) is 1. The maximum absolute atomic E-state index is 13.5. The zero-order valence-electron chi connectivity index (χ0n) is 20.1. The van der Waals surface area contributed by atoms with E-state index in [2.05, 4.69) is 19.2 Å². The van der Waals surface area contributed by atoms with Gasteiger partial charge in [-0.15, -0.1) is 0 Å². The number of carbonyl (C=O) groups excluding carboxylic acids is 1. The Kier molecular flexibility index (Phi) is 8.34. The predicted molar refractivity (Wildman–Crippen MR) is 136 cm³/mol. The fourth-order valence-corrected chi connectivity index (χ4v) is 4.93. The summed E-state index contributed by atoms with van der Waals surface area (Å²) in [4.78, 5) is 13.1. The van der Waals surface area contributed by atoms with Crippen LogP contribution >= 0.6 is 0 Å². The van der Waals surface area contributed by atoms with E-state index in [9.17, 15) is 13.2 Å². The van der Waals surface area contributed by atoms with Crippen molar-refractivity contribution in [1.82, 2.24) is 5.32 Å². The standard InChI is InChI=1S/C27H32N2O4S/c1-5-33-26-9-7-6-8-23(26)18-28-27(30)19-29(24-14-12-22(13-15-24)20(2)3)34(31,32)25-16-10-21(4)11-17-25/h6-17,20H,5,18-19H2,1-4H3,(H,28,30). The van der Waals surface area contributed by atoms with Crippen LogP contribution in [0.1, 0.15) is 43.4 Å². The number of amides is 1. The SMILES string of the molecule is CCOc1ccccc1CNC(=O)CN(c1ccc(C(C)C)cc1)S(=O)(=O)c1ccc(C)cc1. The lowest BCUT2D eigenvalue weighted by Crippen LogP contribution is -2.40. The summed E-state index contributed by atoms with van der Waals surface area (Å²) in [6.45, 7) is 8.35. The molecule has 1 amide bonds. The molecule has 0 bridgehead atoms. The van der Waals surface area contributed by atoms with Crippen molar-refractivity contribution in [3.8, 4) is 5.75 Å². The van der Waals surface area contributed by atoms with Gasteiger partial charge in [-0.1, -0.05) is 61.9 Å². The van der Waals surface area contributed by atoms with Crippen molar-refractivity contribution >= 4 is 21.6 Å². The predicted octanol–water partition coefficient (Wildman–Crippen LogP) is 5.03. The van der Waals surface area contributed by atoms with Gasteiger partial charge in [0, 0.05) is 12.1 Å². The van der Waals surface area contributed by atoms with E-state index < -0.39 is 15.9 Å². The van der Waals surface area contributed by atoms with E-state index in [4.69, 9.17) is 4.74 Å². The summed E-state index contributed by atoms with van der Waals surface area (Å²) >= 11 is 0. The Morgan fingerprint density at radius 3 is 2.24 bits per heavy atom. The molecule has 0 aliphatic rings. The molecule has 6 nitrogen and oxygen atoms in total. The van der Waals surface area contributed by atoms with E-state index in [0.717, 1.165) is 21.0 Å². The highest BCUT2D eigenvalue weighted by atomic mass is 32.2. The van der Waals surface area contributed by atoms with Crippen molar-refractivity contribution < 1.29 is 17.9 Å². The number of hydrogen-bond donors (Lipinski definition) is 1. The maximum Gasteiger partial charge on any atom is 0.264 e. The number of benzene rings is 3. The molecule has 0 unspecified atom stereocenters. The Hall–Kier alpha value is -3.32. The second-order valence-corrected chi connectivity index (χ2v) is 10.3. The summed E-state index contributed by atoms with van der Waals surface area (Å²) < 4.78 is 33.8. The first kappa shape index (κ1) is 25.3. The molecular formula is C27H32N2O4S. The van der Waals surface area contributed by atoms with Crippen LogP contribution in [0.15, 0.2) is 77.7 Å². The lowest BCUT2D eigenvalue weighted by atomic mass is 10.0. The van der Waals surface area contributed by atoms with Gasteiger partial charge >= 0.3 is 0 Å². The Morgan fingerprint density at radius 2 is 1.62 bits per heavy atom. The molecule has 0 spiro atoms. The highest BCUT2D eigenvalue weighted by Gasteiger charge is 2.27. The first-order chi connectivity index (χ1) is 16.2. The van der Waals surface area contributed by atoms with Gasteiger partial charge in [-0.05, 0) is 55.7 Å². The summed E-state index contributed by atoms with van der Waals surface area (Å²) in [5.41, 5.74) is 3.31. The van der Waals surface area contributed by atoms with Gasteiger partial charge < -0.3 is 10.1 Å². The molecule has 3 rings (SSSR count). The van der Waals surface area contributed by atoms with Crippen molar-refractivity contribution in [3.63, 3.8) is 0 Å². The summed E-state index contributed by atoms with van der Waals surface area (Å²) in [6.07, 6.45) is 0. The van der Waals surface area contributed by atoms with E-state index in [0.29, 0.717) is 24.0 Å². The number of rotatable bonds is 10. The lowest BCUT2D eigenvalue weighted by molar-refractivity contribution is -0.119. The zero-order chi connectivity index (χ0) is 24.7. The van der Waals surface area contributed by atoms with Gasteiger partial charge in [-0.2, -0.15) is 0 Å². The number of para-hydroxylation sites is 1. The molecule has 1 N–H and O–H groups in total. The van der Waals surface area contributed by atoms with E-state index >= 15 is 0 Å². The molecule has 0 fully saturated rings. The van der Waals surface area contributed by atoms with Crippen LogP contribution in [-0.2, 0) is 21.4 Å². The van der Waals surface area contributed by atoms with Crippen molar-refractivity contribution in [3.05, 3.63) is 89.5 Å². The zero-order valence-corrected chi connectivity index (χ0v) is 20.9. The molecule has 0 heterocycles. The van der Waals surface area contributed by atoms with Crippen LogP contribution in [0.25, 0.3) is 0 Å². The molecule has 3 aromatic rings. The molecule has 0 aromatic heterocycles. The van der Waals surface area contributed by atoms with Gasteiger partial charge in [0.2, 0.25) is 5.91 Å². The van der Waals surface area contributed by atoms with Crippen LogP contribution in [0.5, 0.6) is 5.75 Å². The van der Waals surface area contributed by atoms with Gasteiger partial charge in [0.15, 0.2) is 0 Å². The van der Waals surface area contributed by atoms with Crippen LogP contribution in [0.4, 0.5) is 5.69 Å². The second kappa shape index (κ2) is 11.2. The molecule has 0 saturated carbocycles. The van der Waals surface area contributed by atoms with Gasteiger partial charge in [0.05, 0.1) is 17.2 Å². The molecule has 7 heteroatoms. The fourth-order valence-electron chi connectivity index (χ4n) is 3.50. The highest BCUT2D eigenvalue weighted by molar-refractivity contribution is 7.92. The molecule has 0 aliphatic heterocycles. The van der Waals surface area contributed by atoms with Crippen molar-refractivity contribution in [2.24, 2.45) is 0 Å². The molecule has 3 aromatic carbocycles. The first-order valence-electron chi connectivity index (χ1n) is 11.4. The van der Waals surface area contributed by atoms with Crippen molar-refractivity contribution in [1.29, 1.82) is 0 Å². The van der Waals surface area contributed by atoms with Crippen molar-refractivity contribution in [2.45, 2.75) is 45.1 Å². The quantitative estimate of drug-likeness (QED) is 0.442. The normalized spacial score (nSPS) is 11.3. The highest BCUT2D eigenvalue weighted by Crippen LogP contribution is 2.26. The van der Waals surface area contributed by atoms with Crippen LogP contribution in [0.3, 0.4) is 0 Å². The van der Waals surface area contributed by atoms with Gasteiger partial charge in [0.1, 0.15) is 12.3 Å². The molecule has 0 radical (unpaired) electrons. The number of anilines is 1. The number of ether oxygens (including phenoxy) is 1. The monoisotopic (exact) mass is 480 g/mol. The molecule has 180 valence electrons. The Balaban J connectivity index is 1.86. The minimum Gasteiger partial charge on any atom is -0.494 e. The van der Waals surface area contributed by atoms with Crippen LogP contribution in [-0.4, -0.2) is 27.5 Å². The van der Waals surface area contributed by atoms with Crippen LogP contribution in [0.2, 0.25) is 0 Å². The number of aryl methyl sites for hydroxylation is 1. The minimum absolute atomic E-state index is 0.139. The van der Waals surface area contributed by atoms with E-state index in [1.54, 1.807) is 36.4 Å². The third kappa shape index (κ3) is 6.17. The van der Waals surface area contributed by atoms with E-state index in [1.165, 1.54) is 0 Å². The Bertz CT molecular complexity index is 1200.